The average molecular weight is 370 g/mol. The minimum absolute atomic E-state index is 0.0682. The first-order valence-electron chi connectivity index (χ1n) is 8.29. The summed E-state index contributed by atoms with van der Waals surface area (Å²) in [7, 11) is 0. The molecule has 0 atom stereocenters. The van der Waals surface area contributed by atoms with Crippen molar-refractivity contribution in [2.24, 2.45) is 0 Å². The van der Waals surface area contributed by atoms with Crippen molar-refractivity contribution in [2.45, 2.75) is 20.4 Å². The summed E-state index contributed by atoms with van der Waals surface area (Å²) in [6, 6.07) is 17.0. The molecule has 0 radical (unpaired) electrons. The van der Waals surface area contributed by atoms with Crippen molar-refractivity contribution in [2.75, 3.05) is 11.9 Å². The van der Waals surface area contributed by atoms with Crippen LogP contribution in [0.15, 0.2) is 54.6 Å². The molecule has 134 valence electrons. The Morgan fingerprint density at radius 2 is 1.88 bits per heavy atom. The van der Waals surface area contributed by atoms with Crippen LogP contribution in [-0.2, 0) is 11.3 Å². The van der Waals surface area contributed by atoms with E-state index in [1.165, 1.54) is 0 Å². The van der Waals surface area contributed by atoms with Crippen molar-refractivity contribution in [3.8, 4) is 5.75 Å². The number of nitrogens with one attached hydrogen (secondary N) is 1. The predicted octanol–water partition coefficient (Wildman–Crippen LogP) is 4.22. The summed E-state index contributed by atoms with van der Waals surface area (Å²) in [6.07, 6.45) is 0. The van der Waals surface area contributed by atoms with Gasteiger partial charge in [-0.25, -0.2) is 0 Å². The van der Waals surface area contributed by atoms with Crippen molar-refractivity contribution in [1.82, 2.24) is 9.78 Å². The molecule has 0 saturated carbocycles. The Labute approximate surface area is 157 Å². The fourth-order valence-corrected chi connectivity index (χ4v) is 2.76. The third-order valence-corrected chi connectivity index (χ3v) is 4.35. The van der Waals surface area contributed by atoms with Crippen LogP contribution >= 0.6 is 11.6 Å². The van der Waals surface area contributed by atoms with E-state index in [4.69, 9.17) is 16.3 Å². The zero-order valence-electron chi connectivity index (χ0n) is 14.7. The van der Waals surface area contributed by atoms with Gasteiger partial charge in [0.2, 0.25) is 0 Å². The van der Waals surface area contributed by atoms with E-state index in [1.54, 1.807) is 4.68 Å². The van der Waals surface area contributed by atoms with Crippen LogP contribution in [0.2, 0.25) is 5.02 Å². The molecule has 0 bridgehead atoms. The molecule has 0 fully saturated rings. The summed E-state index contributed by atoms with van der Waals surface area (Å²) in [4.78, 5) is 12.1. The van der Waals surface area contributed by atoms with Crippen LogP contribution in [0.25, 0.3) is 0 Å². The molecule has 0 spiro atoms. The molecule has 1 aromatic heterocycles. The van der Waals surface area contributed by atoms with Gasteiger partial charge in [-0.1, -0.05) is 48.0 Å². The molecule has 2 aromatic carbocycles. The van der Waals surface area contributed by atoms with Crippen molar-refractivity contribution >= 4 is 23.3 Å². The highest BCUT2D eigenvalue weighted by molar-refractivity contribution is 6.31. The number of benzene rings is 2. The lowest BCUT2D eigenvalue weighted by Crippen LogP contribution is -2.20. The Morgan fingerprint density at radius 3 is 2.65 bits per heavy atom. The first-order valence-corrected chi connectivity index (χ1v) is 8.67. The van der Waals surface area contributed by atoms with Gasteiger partial charge in [0.1, 0.15) is 5.75 Å². The van der Waals surface area contributed by atoms with E-state index in [2.05, 4.69) is 10.4 Å². The third kappa shape index (κ3) is 4.43. The van der Waals surface area contributed by atoms with Crippen LogP contribution in [0.5, 0.6) is 5.75 Å². The Bertz CT molecular complexity index is 921. The maximum atomic E-state index is 12.1. The van der Waals surface area contributed by atoms with Gasteiger partial charge in [-0.05, 0) is 37.1 Å². The fourth-order valence-electron chi connectivity index (χ4n) is 2.56. The summed E-state index contributed by atoms with van der Waals surface area (Å²) < 4.78 is 7.36. The van der Waals surface area contributed by atoms with Gasteiger partial charge in [0.15, 0.2) is 12.4 Å². The number of halogens is 1. The molecule has 3 rings (SSSR count). The molecule has 1 amide bonds. The second-order valence-corrected chi connectivity index (χ2v) is 6.43. The number of aryl methyl sites for hydroxylation is 2. The number of amides is 1. The number of ether oxygens (including phenoxy) is 1. The van der Waals surface area contributed by atoms with E-state index in [9.17, 15) is 4.79 Å². The van der Waals surface area contributed by atoms with Crippen LogP contribution in [0, 0.1) is 13.8 Å². The molecule has 0 unspecified atom stereocenters. The van der Waals surface area contributed by atoms with Gasteiger partial charge in [0.25, 0.3) is 5.91 Å². The number of hydrogen-bond donors (Lipinski definition) is 1. The third-order valence-electron chi connectivity index (χ3n) is 3.98. The Balaban J connectivity index is 1.61. The van der Waals surface area contributed by atoms with E-state index in [0.29, 0.717) is 23.1 Å². The van der Waals surface area contributed by atoms with Crippen LogP contribution in [0.4, 0.5) is 5.82 Å². The van der Waals surface area contributed by atoms with Crippen LogP contribution in [-0.4, -0.2) is 22.3 Å². The number of aromatic nitrogens is 2. The molecule has 0 saturated heterocycles. The molecule has 6 heteroatoms. The molecule has 1 N–H and O–H groups in total. The first-order chi connectivity index (χ1) is 12.5. The van der Waals surface area contributed by atoms with Gasteiger partial charge in [0, 0.05) is 16.8 Å². The number of carbonyl (C=O) groups is 1. The monoisotopic (exact) mass is 369 g/mol. The number of carbonyl (C=O) groups excluding carboxylic acids is 1. The van der Waals surface area contributed by atoms with E-state index in [0.717, 1.165) is 16.8 Å². The molecular formula is C20H20ClN3O2. The largest absolute Gasteiger partial charge is 0.483 e. The van der Waals surface area contributed by atoms with Crippen LogP contribution in [0.1, 0.15) is 16.8 Å². The van der Waals surface area contributed by atoms with Gasteiger partial charge in [0.05, 0.1) is 6.54 Å². The highest BCUT2D eigenvalue weighted by Gasteiger charge is 2.10. The maximum Gasteiger partial charge on any atom is 0.263 e. The molecule has 0 aliphatic rings. The van der Waals surface area contributed by atoms with Gasteiger partial charge in [-0.15, -0.1) is 0 Å². The highest BCUT2D eigenvalue weighted by Crippen LogP contribution is 2.19. The maximum absolute atomic E-state index is 12.1. The van der Waals surface area contributed by atoms with Crippen LogP contribution in [0.3, 0.4) is 0 Å². The van der Waals surface area contributed by atoms with Crippen molar-refractivity contribution in [3.05, 3.63) is 76.4 Å². The lowest BCUT2D eigenvalue weighted by atomic mass is 10.2. The predicted molar refractivity (Wildman–Crippen MR) is 103 cm³/mol. The van der Waals surface area contributed by atoms with E-state index in [1.807, 2.05) is 68.4 Å². The van der Waals surface area contributed by atoms with Crippen LogP contribution < -0.4 is 10.1 Å². The average Bonchev–Trinajstić information content (AvgIpc) is 2.95. The van der Waals surface area contributed by atoms with E-state index in [-0.39, 0.29) is 12.5 Å². The second kappa shape index (κ2) is 8.06. The van der Waals surface area contributed by atoms with Gasteiger partial charge in [-0.3, -0.25) is 9.48 Å². The molecular weight excluding hydrogens is 350 g/mol. The first kappa shape index (κ1) is 18.0. The molecule has 3 aromatic rings. The number of hydrogen-bond acceptors (Lipinski definition) is 3. The summed E-state index contributed by atoms with van der Waals surface area (Å²) in [5.41, 5.74) is 2.89. The molecule has 0 aliphatic carbocycles. The van der Waals surface area contributed by atoms with Gasteiger partial charge >= 0.3 is 0 Å². The lowest BCUT2D eigenvalue weighted by Gasteiger charge is -2.08. The molecule has 26 heavy (non-hydrogen) atoms. The Kier molecular flexibility index (Phi) is 5.58. The number of anilines is 1. The minimum Gasteiger partial charge on any atom is -0.483 e. The zero-order valence-corrected chi connectivity index (χ0v) is 15.5. The molecule has 0 aliphatic heterocycles. The van der Waals surface area contributed by atoms with Crippen molar-refractivity contribution in [3.63, 3.8) is 0 Å². The smallest absolute Gasteiger partial charge is 0.263 e. The minimum atomic E-state index is -0.254. The Morgan fingerprint density at radius 1 is 1.15 bits per heavy atom. The van der Waals surface area contributed by atoms with Crippen molar-refractivity contribution in [1.29, 1.82) is 0 Å². The Hall–Kier alpha value is -2.79. The van der Waals surface area contributed by atoms with Gasteiger partial charge < -0.3 is 10.1 Å². The van der Waals surface area contributed by atoms with E-state index < -0.39 is 0 Å². The van der Waals surface area contributed by atoms with E-state index >= 15 is 0 Å². The summed E-state index contributed by atoms with van der Waals surface area (Å²) in [5, 5.41) is 7.89. The number of rotatable bonds is 6. The molecule has 5 nitrogen and oxygen atoms in total. The highest BCUT2D eigenvalue weighted by atomic mass is 35.5. The zero-order chi connectivity index (χ0) is 18.5. The lowest BCUT2D eigenvalue weighted by molar-refractivity contribution is -0.118. The quantitative estimate of drug-likeness (QED) is 0.707. The topological polar surface area (TPSA) is 56.1 Å². The summed E-state index contributed by atoms with van der Waals surface area (Å²) in [6.45, 7) is 4.35. The second-order valence-electron chi connectivity index (χ2n) is 6.02. The number of nitrogens with zero attached hydrogens (tertiary/aromatic N) is 2. The van der Waals surface area contributed by atoms with Gasteiger partial charge in [-0.2, -0.15) is 5.10 Å². The molecule has 1 heterocycles. The fraction of sp³-hybridized carbons (Fsp3) is 0.200. The SMILES string of the molecule is Cc1ccccc1OCC(=O)Nc1cc(C)n(Cc2ccccc2Cl)n1. The van der Waals surface area contributed by atoms with Crippen molar-refractivity contribution < 1.29 is 9.53 Å². The standard InChI is InChI=1S/C20H20ClN3O2/c1-14-7-3-6-10-18(14)26-13-20(25)22-19-11-15(2)24(23-19)12-16-8-4-5-9-17(16)21/h3-11H,12-13H2,1-2H3,(H,22,23,25). The summed E-state index contributed by atoms with van der Waals surface area (Å²) in [5.74, 6) is 0.937. The summed E-state index contributed by atoms with van der Waals surface area (Å²) >= 11 is 6.20. The number of para-hydroxylation sites is 1. The normalized spacial score (nSPS) is 10.6.